The summed E-state index contributed by atoms with van der Waals surface area (Å²) >= 11 is 0. The summed E-state index contributed by atoms with van der Waals surface area (Å²) in [5.41, 5.74) is -0.0222. The third-order valence-corrected chi connectivity index (χ3v) is 3.62. The normalized spacial score (nSPS) is 20.1. The first-order valence-corrected chi connectivity index (χ1v) is 6.09. The Morgan fingerprint density at radius 1 is 1.00 bits per heavy atom. The third-order valence-electron chi connectivity index (χ3n) is 3.62. The van der Waals surface area contributed by atoms with Crippen molar-refractivity contribution in [3.8, 4) is 0 Å². The van der Waals surface area contributed by atoms with E-state index in [-0.39, 0.29) is 5.41 Å². The van der Waals surface area contributed by atoms with E-state index in [4.69, 9.17) is 0 Å². The van der Waals surface area contributed by atoms with Gasteiger partial charge in [-0.3, -0.25) is 0 Å². The maximum atomic E-state index is 12.0. The summed E-state index contributed by atoms with van der Waals surface area (Å²) in [5, 5.41) is 2.54. The summed E-state index contributed by atoms with van der Waals surface area (Å²) in [6, 6.07) is 0. The van der Waals surface area contributed by atoms with Gasteiger partial charge in [0, 0.05) is 6.54 Å². The van der Waals surface area contributed by atoms with Crippen molar-refractivity contribution in [2.75, 3.05) is 13.1 Å². The Kier molecular flexibility index (Phi) is 4.65. The number of rotatable bonds is 4. The average Bonchev–Trinajstić information content (AvgIpc) is 2.17. The third kappa shape index (κ3) is 4.73. The van der Waals surface area contributed by atoms with Crippen LogP contribution >= 0.6 is 0 Å². The van der Waals surface area contributed by atoms with Gasteiger partial charge in [0.05, 0.1) is 6.54 Å². The lowest BCUT2D eigenvalue weighted by atomic mass is 9.71. The first-order chi connectivity index (χ1) is 7.31. The van der Waals surface area contributed by atoms with Crippen LogP contribution in [0.25, 0.3) is 0 Å². The molecular weight excluding hydrogens is 215 g/mol. The average molecular weight is 237 g/mol. The molecule has 4 heteroatoms. The topological polar surface area (TPSA) is 12.0 Å². The molecule has 0 atom stereocenters. The molecule has 0 unspecified atom stereocenters. The van der Waals surface area contributed by atoms with Gasteiger partial charge in [0.25, 0.3) is 0 Å². The molecule has 0 bridgehead atoms. The summed E-state index contributed by atoms with van der Waals surface area (Å²) in [7, 11) is 0. The van der Waals surface area contributed by atoms with Crippen molar-refractivity contribution in [3.63, 3.8) is 0 Å². The van der Waals surface area contributed by atoms with Gasteiger partial charge >= 0.3 is 6.18 Å². The van der Waals surface area contributed by atoms with E-state index in [9.17, 15) is 13.2 Å². The number of alkyl halides is 3. The van der Waals surface area contributed by atoms with Crippen LogP contribution in [0, 0.1) is 11.3 Å². The minimum Gasteiger partial charge on any atom is -0.308 e. The Morgan fingerprint density at radius 3 is 2.06 bits per heavy atom. The largest absolute Gasteiger partial charge is 0.401 e. The highest BCUT2D eigenvalue weighted by Crippen LogP contribution is 2.37. The Hall–Kier alpha value is -0.250. The first-order valence-electron chi connectivity index (χ1n) is 6.09. The summed E-state index contributed by atoms with van der Waals surface area (Å²) in [4.78, 5) is 0. The Morgan fingerprint density at radius 2 is 1.56 bits per heavy atom. The molecule has 0 aromatic carbocycles. The van der Waals surface area contributed by atoms with Gasteiger partial charge in [0.15, 0.2) is 0 Å². The second-order valence-electron chi connectivity index (χ2n) is 5.54. The van der Waals surface area contributed by atoms with Crippen LogP contribution in [0.1, 0.15) is 46.0 Å². The molecular formula is C12H22F3N. The van der Waals surface area contributed by atoms with Crippen LogP contribution in [0.2, 0.25) is 0 Å². The Balaban J connectivity index is 2.32. The maximum Gasteiger partial charge on any atom is 0.401 e. The molecule has 1 fully saturated rings. The fourth-order valence-electron chi connectivity index (χ4n) is 2.55. The molecule has 1 nitrogen and oxygen atoms in total. The van der Waals surface area contributed by atoms with E-state index in [1.807, 2.05) is 0 Å². The monoisotopic (exact) mass is 237 g/mol. The first kappa shape index (κ1) is 13.8. The summed E-state index contributed by atoms with van der Waals surface area (Å²) in [5.74, 6) is 0.571. The van der Waals surface area contributed by atoms with Crippen molar-refractivity contribution in [3.05, 3.63) is 0 Å². The summed E-state index contributed by atoms with van der Waals surface area (Å²) in [6.45, 7) is 3.74. The molecule has 1 rings (SSSR count). The second kappa shape index (κ2) is 5.39. The van der Waals surface area contributed by atoms with Gasteiger partial charge in [0.2, 0.25) is 0 Å². The molecule has 1 aliphatic rings. The van der Waals surface area contributed by atoms with Gasteiger partial charge < -0.3 is 5.32 Å². The van der Waals surface area contributed by atoms with Crippen LogP contribution in [0.5, 0.6) is 0 Å². The van der Waals surface area contributed by atoms with Crippen molar-refractivity contribution < 1.29 is 13.2 Å². The number of nitrogens with one attached hydrogen (secondary N) is 1. The van der Waals surface area contributed by atoms with E-state index < -0.39 is 12.7 Å². The van der Waals surface area contributed by atoms with Gasteiger partial charge in [-0.15, -0.1) is 0 Å². The molecule has 16 heavy (non-hydrogen) atoms. The predicted octanol–water partition coefficient (Wildman–Crippen LogP) is 3.74. The SMILES string of the molecule is CC(C)(CNCC(F)(F)F)C1CCCCC1. The van der Waals surface area contributed by atoms with Crippen LogP contribution in [-0.2, 0) is 0 Å². The van der Waals surface area contributed by atoms with Crippen LogP contribution in [-0.4, -0.2) is 19.3 Å². The van der Waals surface area contributed by atoms with Crippen molar-refractivity contribution in [2.24, 2.45) is 11.3 Å². The maximum absolute atomic E-state index is 12.0. The van der Waals surface area contributed by atoms with E-state index in [1.165, 1.54) is 32.1 Å². The van der Waals surface area contributed by atoms with E-state index in [2.05, 4.69) is 19.2 Å². The van der Waals surface area contributed by atoms with Gasteiger partial charge in [0.1, 0.15) is 0 Å². The zero-order valence-electron chi connectivity index (χ0n) is 10.2. The fourth-order valence-corrected chi connectivity index (χ4v) is 2.55. The highest BCUT2D eigenvalue weighted by Gasteiger charge is 2.32. The lowest BCUT2D eigenvalue weighted by Crippen LogP contribution is -2.40. The molecule has 0 aromatic heterocycles. The highest BCUT2D eigenvalue weighted by atomic mass is 19.4. The van der Waals surface area contributed by atoms with Crippen molar-refractivity contribution >= 4 is 0 Å². The standard InChI is InChI=1S/C12H22F3N/c1-11(2,8-16-9-12(13,14)15)10-6-4-3-5-7-10/h10,16H,3-9H2,1-2H3. The molecule has 1 N–H and O–H groups in total. The molecule has 0 aromatic rings. The van der Waals surface area contributed by atoms with Gasteiger partial charge in [-0.2, -0.15) is 13.2 Å². The minimum absolute atomic E-state index is 0.0222. The van der Waals surface area contributed by atoms with Crippen LogP contribution in [0.15, 0.2) is 0 Å². The molecule has 0 amide bonds. The van der Waals surface area contributed by atoms with Crippen molar-refractivity contribution in [2.45, 2.75) is 52.1 Å². The molecule has 1 saturated carbocycles. The van der Waals surface area contributed by atoms with Crippen LogP contribution < -0.4 is 5.32 Å². The zero-order valence-corrected chi connectivity index (χ0v) is 10.2. The molecule has 0 saturated heterocycles. The van der Waals surface area contributed by atoms with Crippen LogP contribution in [0.3, 0.4) is 0 Å². The van der Waals surface area contributed by atoms with E-state index in [0.29, 0.717) is 12.5 Å². The zero-order chi connectivity index (χ0) is 12.2. The molecule has 1 aliphatic carbocycles. The lowest BCUT2D eigenvalue weighted by molar-refractivity contribution is -0.125. The lowest BCUT2D eigenvalue weighted by Gasteiger charge is -2.37. The molecule has 96 valence electrons. The van der Waals surface area contributed by atoms with Gasteiger partial charge in [-0.05, 0) is 24.2 Å². The molecule has 0 spiro atoms. The predicted molar refractivity (Wildman–Crippen MR) is 59.3 cm³/mol. The number of hydrogen-bond donors (Lipinski definition) is 1. The van der Waals surface area contributed by atoms with Gasteiger partial charge in [-0.25, -0.2) is 0 Å². The molecule has 0 heterocycles. The highest BCUT2D eigenvalue weighted by molar-refractivity contribution is 4.83. The fraction of sp³-hybridized carbons (Fsp3) is 1.00. The van der Waals surface area contributed by atoms with Crippen LogP contribution in [0.4, 0.5) is 13.2 Å². The van der Waals surface area contributed by atoms with Crippen molar-refractivity contribution in [1.29, 1.82) is 0 Å². The summed E-state index contributed by atoms with van der Waals surface area (Å²) in [6.07, 6.45) is 1.98. The smallest absolute Gasteiger partial charge is 0.308 e. The van der Waals surface area contributed by atoms with E-state index >= 15 is 0 Å². The summed E-state index contributed by atoms with van der Waals surface area (Å²) < 4.78 is 36.0. The quantitative estimate of drug-likeness (QED) is 0.785. The van der Waals surface area contributed by atoms with Crippen molar-refractivity contribution in [1.82, 2.24) is 5.32 Å². The van der Waals surface area contributed by atoms with E-state index in [0.717, 1.165) is 0 Å². The second-order valence-corrected chi connectivity index (χ2v) is 5.54. The Labute approximate surface area is 95.8 Å². The number of halogens is 3. The van der Waals surface area contributed by atoms with Gasteiger partial charge in [-0.1, -0.05) is 33.1 Å². The Bertz CT molecular complexity index is 205. The van der Waals surface area contributed by atoms with E-state index in [1.54, 1.807) is 0 Å². The minimum atomic E-state index is -4.09. The molecule has 0 aliphatic heterocycles. The molecule has 0 radical (unpaired) electrons. The number of hydrogen-bond acceptors (Lipinski definition) is 1.